The number of carbonyl (C=O) groups is 4. The number of thiol groups is 1. The maximum atomic E-state index is 12.4. The van der Waals surface area contributed by atoms with Gasteiger partial charge >= 0.3 is 5.97 Å². The van der Waals surface area contributed by atoms with Crippen molar-refractivity contribution < 1.29 is 24.3 Å². The Labute approximate surface area is 162 Å². The van der Waals surface area contributed by atoms with Crippen LogP contribution in [0.2, 0.25) is 0 Å². The van der Waals surface area contributed by atoms with E-state index in [0.717, 1.165) is 5.56 Å². The molecule has 10 heteroatoms. The molecule has 1 aromatic carbocycles. The molecule has 0 heterocycles. The number of aliphatic carboxylic acids is 1. The lowest BCUT2D eigenvalue weighted by Crippen LogP contribution is -2.55. The van der Waals surface area contributed by atoms with Crippen molar-refractivity contribution in [1.82, 2.24) is 10.6 Å². The second kappa shape index (κ2) is 11.2. The molecule has 7 N–H and O–H groups in total. The van der Waals surface area contributed by atoms with Gasteiger partial charge in [0.25, 0.3) is 0 Å². The van der Waals surface area contributed by atoms with Crippen LogP contribution in [0.25, 0.3) is 0 Å². The molecule has 0 spiro atoms. The summed E-state index contributed by atoms with van der Waals surface area (Å²) in [7, 11) is 0. The number of hydrogen-bond donors (Lipinski definition) is 6. The summed E-state index contributed by atoms with van der Waals surface area (Å²) in [4.78, 5) is 46.6. The van der Waals surface area contributed by atoms with Gasteiger partial charge in [0, 0.05) is 18.6 Å². The minimum Gasteiger partial charge on any atom is -0.480 e. The summed E-state index contributed by atoms with van der Waals surface area (Å²) in [6.07, 6.45) is 0.0611. The number of carbonyl (C=O) groups excluding carboxylic acids is 3. The van der Waals surface area contributed by atoms with Crippen LogP contribution in [-0.2, 0) is 25.6 Å². The molecule has 1 aromatic rings. The van der Waals surface area contributed by atoms with Crippen LogP contribution in [0.3, 0.4) is 0 Å². The average molecular weight is 396 g/mol. The van der Waals surface area contributed by atoms with Gasteiger partial charge in [-0.1, -0.05) is 30.3 Å². The standard InChI is InChI=1S/C17H24N4O5S/c18-11(6-7-14(19)22)15(23)21-13(9-27)16(24)20-12(17(25)26)8-10-4-2-1-3-5-10/h1-5,11-13,27H,6-9,18H2,(H2,19,22)(H,20,24)(H,21,23)(H,25,26). The first-order valence-corrected chi connectivity index (χ1v) is 8.90. The first kappa shape index (κ1) is 22.5. The normalized spacial score (nSPS) is 13.9. The van der Waals surface area contributed by atoms with Gasteiger partial charge < -0.3 is 27.2 Å². The lowest BCUT2D eigenvalue weighted by atomic mass is 10.1. The first-order valence-electron chi connectivity index (χ1n) is 8.26. The topological polar surface area (TPSA) is 165 Å². The van der Waals surface area contributed by atoms with E-state index in [1.807, 2.05) is 0 Å². The van der Waals surface area contributed by atoms with Crippen LogP contribution in [0.1, 0.15) is 18.4 Å². The molecule has 3 atom stereocenters. The molecule has 0 aromatic heterocycles. The molecule has 9 nitrogen and oxygen atoms in total. The van der Waals surface area contributed by atoms with Crippen LogP contribution < -0.4 is 22.1 Å². The fourth-order valence-electron chi connectivity index (χ4n) is 2.22. The van der Waals surface area contributed by atoms with Gasteiger partial charge in [-0.3, -0.25) is 14.4 Å². The van der Waals surface area contributed by atoms with Crippen molar-refractivity contribution in [2.45, 2.75) is 37.4 Å². The lowest BCUT2D eigenvalue weighted by molar-refractivity contribution is -0.142. The van der Waals surface area contributed by atoms with Crippen LogP contribution >= 0.6 is 12.6 Å². The molecular weight excluding hydrogens is 372 g/mol. The van der Waals surface area contributed by atoms with Gasteiger partial charge in [0.15, 0.2) is 0 Å². The molecule has 0 bridgehead atoms. The Hall–Kier alpha value is -2.59. The Kier molecular flexibility index (Phi) is 9.31. The molecule has 0 aliphatic heterocycles. The van der Waals surface area contributed by atoms with E-state index in [0.29, 0.717) is 0 Å². The highest BCUT2D eigenvalue weighted by Gasteiger charge is 2.27. The zero-order valence-corrected chi connectivity index (χ0v) is 15.5. The largest absolute Gasteiger partial charge is 0.480 e. The quantitative estimate of drug-likeness (QED) is 0.257. The molecule has 0 saturated heterocycles. The summed E-state index contributed by atoms with van der Waals surface area (Å²) < 4.78 is 0. The number of carboxylic acids is 1. The van der Waals surface area contributed by atoms with E-state index >= 15 is 0 Å². The SMILES string of the molecule is NC(=O)CCC(N)C(=O)NC(CS)C(=O)NC(Cc1ccccc1)C(=O)O. The Morgan fingerprint density at radius 3 is 2.15 bits per heavy atom. The Bertz CT molecular complexity index is 671. The molecular formula is C17H24N4O5S. The van der Waals surface area contributed by atoms with Crippen LogP contribution in [-0.4, -0.2) is 52.7 Å². The zero-order chi connectivity index (χ0) is 20.4. The van der Waals surface area contributed by atoms with E-state index in [9.17, 15) is 24.3 Å². The molecule has 0 radical (unpaired) electrons. The van der Waals surface area contributed by atoms with Crippen molar-refractivity contribution in [3.63, 3.8) is 0 Å². The van der Waals surface area contributed by atoms with Crippen LogP contribution in [0, 0.1) is 0 Å². The van der Waals surface area contributed by atoms with Crippen molar-refractivity contribution in [2.24, 2.45) is 11.5 Å². The van der Waals surface area contributed by atoms with Gasteiger partial charge in [-0.05, 0) is 12.0 Å². The van der Waals surface area contributed by atoms with Crippen LogP contribution in [0.4, 0.5) is 0 Å². The van der Waals surface area contributed by atoms with Crippen molar-refractivity contribution in [1.29, 1.82) is 0 Å². The number of primary amides is 1. The van der Waals surface area contributed by atoms with Crippen molar-refractivity contribution >= 4 is 36.3 Å². The van der Waals surface area contributed by atoms with E-state index < -0.39 is 41.8 Å². The van der Waals surface area contributed by atoms with Crippen LogP contribution in [0.5, 0.6) is 0 Å². The Morgan fingerprint density at radius 1 is 1.04 bits per heavy atom. The summed E-state index contributed by atoms with van der Waals surface area (Å²) in [5.41, 5.74) is 11.4. The van der Waals surface area contributed by atoms with E-state index in [1.165, 1.54) is 0 Å². The third kappa shape index (κ3) is 8.09. The molecule has 148 valence electrons. The number of carboxylic acid groups (broad SMARTS) is 1. The minimum atomic E-state index is -1.20. The molecule has 27 heavy (non-hydrogen) atoms. The van der Waals surface area contributed by atoms with Gasteiger partial charge in [-0.25, -0.2) is 4.79 Å². The van der Waals surface area contributed by atoms with Gasteiger partial charge in [-0.15, -0.1) is 0 Å². The maximum absolute atomic E-state index is 12.4. The highest BCUT2D eigenvalue weighted by atomic mass is 32.1. The van der Waals surface area contributed by atoms with E-state index in [2.05, 4.69) is 23.3 Å². The van der Waals surface area contributed by atoms with E-state index in [1.54, 1.807) is 30.3 Å². The molecule has 3 amide bonds. The predicted octanol–water partition coefficient (Wildman–Crippen LogP) is -1.19. The molecule has 1 rings (SSSR count). The molecule has 0 aliphatic carbocycles. The maximum Gasteiger partial charge on any atom is 0.326 e. The van der Waals surface area contributed by atoms with Gasteiger partial charge in [0.1, 0.15) is 12.1 Å². The number of amides is 3. The smallest absolute Gasteiger partial charge is 0.326 e. The summed E-state index contributed by atoms with van der Waals surface area (Å²) in [5, 5.41) is 14.1. The fraction of sp³-hybridized carbons (Fsp3) is 0.412. The van der Waals surface area contributed by atoms with Gasteiger partial charge in [0.2, 0.25) is 17.7 Å². The highest BCUT2D eigenvalue weighted by Crippen LogP contribution is 2.04. The minimum absolute atomic E-state index is 0.0356. The second-order valence-electron chi connectivity index (χ2n) is 5.94. The summed E-state index contributed by atoms with van der Waals surface area (Å²) in [6.45, 7) is 0. The Balaban J connectivity index is 2.67. The number of nitrogens with two attached hydrogens (primary N) is 2. The predicted molar refractivity (Wildman–Crippen MR) is 102 cm³/mol. The van der Waals surface area contributed by atoms with E-state index in [-0.39, 0.29) is 25.0 Å². The van der Waals surface area contributed by atoms with Crippen molar-refractivity contribution in [3.8, 4) is 0 Å². The second-order valence-corrected chi connectivity index (χ2v) is 6.31. The Morgan fingerprint density at radius 2 is 1.63 bits per heavy atom. The monoisotopic (exact) mass is 396 g/mol. The van der Waals surface area contributed by atoms with Gasteiger partial charge in [-0.2, -0.15) is 12.6 Å². The van der Waals surface area contributed by atoms with Crippen molar-refractivity contribution in [3.05, 3.63) is 35.9 Å². The molecule has 0 aliphatic rings. The first-order chi connectivity index (χ1) is 12.7. The average Bonchev–Trinajstić information content (AvgIpc) is 2.63. The number of rotatable bonds is 11. The van der Waals surface area contributed by atoms with E-state index in [4.69, 9.17) is 11.5 Å². The number of benzene rings is 1. The summed E-state index contributed by atoms with van der Waals surface area (Å²) in [6, 6.07) is 5.56. The van der Waals surface area contributed by atoms with Gasteiger partial charge in [0.05, 0.1) is 6.04 Å². The van der Waals surface area contributed by atoms with Crippen LogP contribution in [0.15, 0.2) is 30.3 Å². The third-order valence-corrected chi connectivity index (χ3v) is 4.12. The molecule has 0 saturated carbocycles. The zero-order valence-electron chi connectivity index (χ0n) is 14.6. The highest BCUT2D eigenvalue weighted by molar-refractivity contribution is 7.80. The summed E-state index contributed by atoms with van der Waals surface area (Å²) >= 11 is 4.02. The molecule has 0 fully saturated rings. The number of hydrogen-bond acceptors (Lipinski definition) is 6. The molecule has 3 unspecified atom stereocenters. The fourth-order valence-corrected chi connectivity index (χ4v) is 2.48. The van der Waals surface area contributed by atoms with Crippen molar-refractivity contribution in [2.75, 3.05) is 5.75 Å². The third-order valence-electron chi connectivity index (χ3n) is 3.75. The number of nitrogens with one attached hydrogen (secondary N) is 2. The summed E-state index contributed by atoms with van der Waals surface area (Å²) in [5.74, 6) is -3.19. The lowest BCUT2D eigenvalue weighted by Gasteiger charge is -2.21.